The van der Waals surface area contributed by atoms with E-state index in [0.29, 0.717) is 6.61 Å². The first kappa shape index (κ1) is 8.21. The Morgan fingerprint density at radius 3 is 2.82 bits per heavy atom. The predicted octanol–water partition coefficient (Wildman–Crippen LogP) is 1.84. The normalized spacial score (nSPS) is 10.1. The summed E-state index contributed by atoms with van der Waals surface area (Å²) in [6.07, 6.45) is 1.87. The van der Waals surface area contributed by atoms with Gasteiger partial charge in [0.25, 0.3) is 0 Å². The second kappa shape index (κ2) is 3.49. The minimum absolute atomic E-state index is 0.653. The molecule has 0 aliphatic rings. The van der Waals surface area contributed by atoms with Crippen LogP contribution in [0.15, 0.2) is 12.3 Å². The Labute approximate surface area is 67.2 Å². The quantitative estimate of drug-likeness (QED) is 0.643. The van der Waals surface area contributed by atoms with Crippen LogP contribution in [-0.2, 0) is 11.3 Å². The van der Waals surface area contributed by atoms with Crippen LogP contribution >= 0.6 is 0 Å². The highest BCUT2D eigenvalue weighted by atomic mass is 16.5. The number of hydrogen-bond donors (Lipinski definition) is 0. The van der Waals surface area contributed by atoms with Gasteiger partial charge in [0.1, 0.15) is 0 Å². The summed E-state index contributed by atoms with van der Waals surface area (Å²) in [5, 5.41) is 0. The lowest BCUT2D eigenvalue weighted by atomic mass is 10.2. The van der Waals surface area contributed by atoms with Gasteiger partial charge in [0.2, 0.25) is 0 Å². The van der Waals surface area contributed by atoms with Gasteiger partial charge in [-0.2, -0.15) is 0 Å². The number of methoxy groups -OCH3 is 1. The number of pyridine rings is 1. The van der Waals surface area contributed by atoms with Gasteiger partial charge in [-0.15, -0.1) is 0 Å². The summed E-state index contributed by atoms with van der Waals surface area (Å²) in [4.78, 5) is 4.22. The van der Waals surface area contributed by atoms with Crippen LogP contribution in [0.3, 0.4) is 0 Å². The third-order valence-corrected chi connectivity index (χ3v) is 1.63. The molecule has 1 aromatic rings. The lowest BCUT2D eigenvalue weighted by Gasteiger charge is -2.03. The number of hydrogen-bond acceptors (Lipinski definition) is 2. The maximum absolute atomic E-state index is 5.02. The van der Waals surface area contributed by atoms with Gasteiger partial charge in [0.05, 0.1) is 6.61 Å². The van der Waals surface area contributed by atoms with Gasteiger partial charge in [-0.1, -0.05) is 6.07 Å². The van der Waals surface area contributed by atoms with E-state index in [0.717, 1.165) is 5.69 Å². The fourth-order valence-electron chi connectivity index (χ4n) is 1.000. The summed E-state index contributed by atoms with van der Waals surface area (Å²) in [5.41, 5.74) is 3.41. The van der Waals surface area contributed by atoms with Crippen molar-refractivity contribution < 1.29 is 4.74 Å². The molecule has 0 spiro atoms. The molecular weight excluding hydrogens is 138 g/mol. The van der Waals surface area contributed by atoms with E-state index in [1.807, 2.05) is 20.0 Å². The molecular formula is C9H13NO. The van der Waals surface area contributed by atoms with Gasteiger partial charge in [-0.3, -0.25) is 4.98 Å². The van der Waals surface area contributed by atoms with E-state index < -0.39 is 0 Å². The summed E-state index contributed by atoms with van der Waals surface area (Å²) in [6.45, 7) is 4.68. The molecule has 0 unspecified atom stereocenters. The number of nitrogens with zero attached hydrogens (tertiary/aromatic N) is 1. The van der Waals surface area contributed by atoms with Crippen molar-refractivity contribution in [3.8, 4) is 0 Å². The van der Waals surface area contributed by atoms with E-state index in [-0.39, 0.29) is 0 Å². The SMILES string of the molecule is COCc1cc(C)cnc1C. The molecule has 0 saturated heterocycles. The van der Waals surface area contributed by atoms with Crippen molar-refractivity contribution in [2.75, 3.05) is 7.11 Å². The van der Waals surface area contributed by atoms with Crippen LogP contribution in [0, 0.1) is 13.8 Å². The van der Waals surface area contributed by atoms with E-state index in [4.69, 9.17) is 4.74 Å². The average molecular weight is 151 g/mol. The lowest BCUT2D eigenvalue weighted by Crippen LogP contribution is -1.94. The second-order valence-electron chi connectivity index (χ2n) is 2.69. The van der Waals surface area contributed by atoms with Crippen molar-refractivity contribution in [2.45, 2.75) is 20.5 Å². The zero-order valence-electron chi connectivity index (χ0n) is 7.22. The molecule has 0 aliphatic carbocycles. The van der Waals surface area contributed by atoms with E-state index >= 15 is 0 Å². The average Bonchev–Trinajstić information content (AvgIpc) is 1.98. The number of rotatable bonds is 2. The van der Waals surface area contributed by atoms with Crippen LogP contribution in [0.2, 0.25) is 0 Å². The Morgan fingerprint density at radius 1 is 1.45 bits per heavy atom. The van der Waals surface area contributed by atoms with Crippen molar-refractivity contribution in [1.29, 1.82) is 0 Å². The van der Waals surface area contributed by atoms with E-state index in [1.165, 1.54) is 11.1 Å². The first-order chi connectivity index (χ1) is 5.24. The maximum atomic E-state index is 5.02. The first-order valence-corrected chi connectivity index (χ1v) is 3.65. The van der Waals surface area contributed by atoms with Crippen molar-refractivity contribution in [3.63, 3.8) is 0 Å². The second-order valence-corrected chi connectivity index (χ2v) is 2.69. The molecule has 0 saturated carbocycles. The largest absolute Gasteiger partial charge is 0.380 e. The monoisotopic (exact) mass is 151 g/mol. The molecule has 1 aromatic heterocycles. The molecule has 0 amide bonds. The highest BCUT2D eigenvalue weighted by molar-refractivity contribution is 5.22. The lowest BCUT2D eigenvalue weighted by molar-refractivity contribution is 0.184. The summed E-state index contributed by atoms with van der Waals surface area (Å²) in [6, 6.07) is 2.10. The highest BCUT2D eigenvalue weighted by Gasteiger charge is 1.97. The van der Waals surface area contributed by atoms with Gasteiger partial charge >= 0.3 is 0 Å². The third kappa shape index (κ3) is 2.02. The molecule has 0 bridgehead atoms. The molecule has 0 N–H and O–H groups in total. The van der Waals surface area contributed by atoms with Gasteiger partial charge in [-0.05, 0) is 25.0 Å². The summed E-state index contributed by atoms with van der Waals surface area (Å²) in [7, 11) is 1.70. The Balaban J connectivity index is 2.93. The Morgan fingerprint density at radius 2 is 2.18 bits per heavy atom. The van der Waals surface area contributed by atoms with Gasteiger partial charge in [0.15, 0.2) is 0 Å². The molecule has 0 fully saturated rings. The minimum atomic E-state index is 0.653. The fourth-order valence-corrected chi connectivity index (χ4v) is 1.000. The zero-order valence-corrected chi connectivity index (χ0v) is 7.22. The number of ether oxygens (including phenoxy) is 1. The molecule has 1 rings (SSSR count). The van der Waals surface area contributed by atoms with Crippen LogP contribution in [0.5, 0.6) is 0 Å². The molecule has 0 atom stereocenters. The fraction of sp³-hybridized carbons (Fsp3) is 0.444. The van der Waals surface area contributed by atoms with Gasteiger partial charge < -0.3 is 4.74 Å². The van der Waals surface area contributed by atoms with Crippen LogP contribution in [0.4, 0.5) is 0 Å². The molecule has 0 aromatic carbocycles. The van der Waals surface area contributed by atoms with Crippen LogP contribution in [-0.4, -0.2) is 12.1 Å². The minimum Gasteiger partial charge on any atom is -0.380 e. The predicted molar refractivity (Wildman–Crippen MR) is 44.4 cm³/mol. The Kier molecular flexibility index (Phi) is 2.60. The summed E-state index contributed by atoms with van der Waals surface area (Å²) in [5.74, 6) is 0. The molecule has 0 radical (unpaired) electrons. The molecule has 0 aliphatic heterocycles. The van der Waals surface area contributed by atoms with Crippen LogP contribution in [0.1, 0.15) is 16.8 Å². The first-order valence-electron chi connectivity index (χ1n) is 3.65. The molecule has 1 heterocycles. The highest BCUT2D eigenvalue weighted by Crippen LogP contribution is 2.07. The van der Waals surface area contributed by atoms with Crippen LogP contribution < -0.4 is 0 Å². The van der Waals surface area contributed by atoms with E-state index in [2.05, 4.69) is 11.1 Å². The summed E-state index contributed by atoms with van der Waals surface area (Å²) >= 11 is 0. The standard InChI is InChI=1S/C9H13NO/c1-7-4-9(6-11-3)8(2)10-5-7/h4-5H,6H2,1-3H3. The van der Waals surface area contributed by atoms with Crippen molar-refractivity contribution in [2.24, 2.45) is 0 Å². The van der Waals surface area contributed by atoms with Crippen molar-refractivity contribution in [3.05, 3.63) is 29.1 Å². The smallest absolute Gasteiger partial charge is 0.0730 e. The van der Waals surface area contributed by atoms with Crippen molar-refractivity contribution >= 4 is 0 Å². The van der Waals surface area contributed by atoms with Crippen molar-refractivity contribution in [1.82, 2.24) is 4.98 Å². The van der Waals surface area contributed by atoms with Gasteiger partial charge in [0, 0.05) is 19.0 Å². The number of aromatic nitrogens is 1. The molecule has 2 heteroatoms. The Hall–Kier alpha value is -0.890. The topological polar surface area (TPSA) is 22.1 Å². The maximum Gasteiger partial charge on any atom is 0.0730 e. The molecule has 11 heavy (non-hydrogen) atoms. The third-order valence-electron chi connectivity index (χ3n) is 1.63. The summed E-state index contributed by atoms with van der Waals surface area (Å²) < 4.78 is 5.02. The van der Waals surface area contributed by atoms with Gasteiger partial charge in [-0.25, -0.2) is 0 Å². The van der Waals surface area contributed by atoms with E-state index in [9.17, 15) is 0 Å². The van der Waals surface area contributed by atoms with E-state index in [1.54, 1.807) is 7.11 Å². The number of aryl methyl sites for hydroxylation is 2. The zero-order chi connectivity index (χ0) is 8.27. The molecule has 60 valence electrons. The molecule has 2 nitrogen and oxygen atoms in total. The van der Waals surface area contributed by atoms with Crippen LogP contribution in [0.25, 0.3) is 0 Å². The Bertz CT molecular complexity index is 245.